The molecule has 0 spiro atoms. The fraction of sp³-hybridized carbons (Fsp3) is 0.625. The van der Waals surface area contributed by atoms with E-state index in [0.29, 0.717) is 0 Å². The lowest BCUT2D eigenvalue weighted by atomic mass is 9.72. The second-order valence-electron chi connectivity index (χ2n) is 5.81. The molecule has 0 bridgehead atoms. The van der Waals surface area contributed by atoms with Crippen molar-refractivity contribution in [2.24, 2.45) is 5.41 Å². The van der Waals surface area contributed by atoms with Gasteiger partial charge in [-0.3, -0.25) is 0 Å². The molecule has 0 radical (unpaired) electrons. The van der Waals surface area contributed by atoms with Crippen molar-refractivity contribution in [3.05, 3.63) is 22.2 Å². The molecule has 0 aromatic heterocycles. The fourth-order valence-electron chi connectivity index (χ4n) is 3.07. The van der Waals surface area contributed by atoms with Gasteiger partial charge in [-0.2, -0.15) is 0 Å². The Bertz CT molecular complexity index is 468. The number of hydrogen-bond donors (Lipinski definition) is 0. The molecule has 0 aliphatic heterocycles. The van der Waals surface area contributed by atoms with Crippen LogP contribution in [0.1, 0.15) is 49.4 Å². The number of ether oxygens (including phenoxy) is 2. The van der Waals surface area contributed by atoms with Crippen LogP contribution in [-0.4, -0.2) is 14.2 Å². The van der Waals surface area contributed by atoms with E-state index in [0.717, 1.165) is 16.0 Å². The van der Waals surface area contributed by atoms with Crippen molar-refractivity contribution in [2.75, 3.05) is 14.2 Å². The lowest BCUT2D eigenvalue weighted by Crippen LogP contribution is -2.25. The van der Waals surface area contributed by atoms with Crippen molar-refractivity contribution < 1.29 is 9.47 Å². The van der Waals surface area contributed by atoms with Gasteiger partial charge in [-0.05, 0) is 46.3 Å². The molecule has 112 valence electrons. The van der Waals surface area contributed by atoms with Gasteiger partial charge in [0.15, 0.2) is 0 Å². The van der Waals surface area contributed by atoms with Gasteiger partial charge in [0.25, 0.3) is 0 Å². The molecule has 0 saturated heterocycles. The number of alkyl halides is 1. The largest absolute Gasteiger partial charge is 0.496 e. The van der Waals surface area contributed by atoms with E-state index in [1.54, 1.807) is 14.2 Å². The monoisotopic (exact) mass is 404 g/mol. The van der Waals surface area contributed by atoms with E-state index in [9.17, 15) is 0 Å². The number of methoxy groups -OCH3 is 2. The maximum absolute atomic E-state index is 5.57. The van der Waals surface area contributed by atoms with Crippen LogP contribution in [0.4, 0.5) is 0 Å². The smallest absolute Gasteiger partial charge is 0.133 e. The normalized spacial score (nSPS) is 19.4. The number of rotatable bonds is 4. The van der Waals surface area contributed by atoms with Crippen LogP contribution >= 0.6 is 31.9 Å². The maximum atomic E-state index is 5.57. The van der Waals surface area contributed by atoms with Gasteiger partial charge in [-0.1, -0.05) is 42.1 Å². The standard InChI is InChI=1S/C16H22Br2O2/c1-16(7-5-4-6-8-16)15(18)11-9-14(20-3)12(17)10-13(11)19-2/h9-10,15H,4-8H2,1-3H3. The summed E-state index contributed by atoms with van der Waals surface area (Å²) in [6.07, 6.45) is 6.49. The molecular formula is C16H22Br2O2. The Morgan fingerprint density at radius 1 is 1.05 bits per heavy atom. The first-order chi connectivity index (χ1) is 9.51. The van der Waals surface area contributed by atoms with Crippen molar-refractivity contribution in [2.45, 2.75) is 43.9 Å². The molecule has 1 aliphatic rings. The Balaban J connectivity index is 2.39. The van der Waals surface area contributed by atoms with Gasteiger partial charge in [0.2, 0.25) is 0 Å². The number of hydrogen-bond acceptors (Lipinski definition) is 2. The summed E-state index contributed by atoms with van der Waals surface area (Å²) in [6.45, 7) is 2.37. The van der Waals surface area contributed by atoms with Crippen LogP contribution in [-0.2, 0) is 0 Å². The fourth-order valence-corrected chi connectivity index (χ4v) is 4.37. The highest BCUT2D eigenvalue weighted by molar-refractivity contribution is 9.10. The molecule has 0 heterocycles. The Morgan fingerprint density at radius 3 is 2.20 bits per heavy atom. The van der Waals surface area contributed by atoms with Gasteiger partial charge in [0.05, 0.1) is 18.7 Å². The molecule has 1 aromatic rings. The lowest BCUT2D eigenvalue weighted by molar-refractivity contribution is 0.210. The Morgan fingerprint density at radius 2 is 1.65 bits per heavy atom. The molecule has 1 aromatic carbocycles. The van der Waals surface area contributed by atoms with E-state index in [4.69, 9.17) is 9.47 Å². The second kappa shape index (κ2) is 6.69. The number of halogens is 2. The molecule has 0 amide bonds. The topological polar surface area (TPSA) is 18.5 Å². The van der Waals surface area contributed by atoms with Gasteiger partial charge in [-0.15, -0.1) is 0 Å². The summed E-state index contributed by atoms with van der Waals surface area (Å²) in [6, 6.07) is 4.08. The van der Waals surface area contributed by atoms with Gasteiger partial charge in [0.1, 0.15) is 11.5 Å². The molecular weight excluding hydrogens is 384 g/mol. The van der Waals surface area contributed by atoms with E-state index in [2.05, 4.69) is 44.8 Å². The van der Waals surface area contributed by atoms with E-state index < -0.39 is 0 Å². The summed E-state index contributed by atoms with van der Waals surface area (Å²) in [5, 5.41) is 0. The van der Waals surface area contributed by atoms with Crippen LogP contribution in [0, 0.1) is 5.41 Å². The third kappa shape index (κ3) is 3.16. The van der Waals surface area contributed by atoms with Crippen LogP contribution in [0.2, 0.25) is 0 Å². The highest BCUT2D eigenvalue weighted by Gasteiger charge is 2.36. The van der Waals surface area contributed by atoms with E-state index in [1.165, 1.54) is 37.7 Å². The highest BCUT2D eigenvalue weighted by atomic mass is 79.9. The van der Waals surface area contributed by atoms with Gasteiger partial charge < -0.3 is 9.47 Å². The molecule has 0 N–H and O–H groups in total. The summed E-state index contributed by atoms with van der Waals surface area (Å²) >= 11 is 7.45. The van der Waals surface area contributed by atoms with E-state index in [1.807, 2.05) is 6.07 Å². The Hall–Kier alpha value is -0.220. The molecule has 2 nitrogen and oxygen atoms in total. The second-order valence-corrected chi connectivity index (χ2v) is 7.58. The quantitative estimate of drug-likeness (QED) is 0.583. The average Bonchev–Trinajstić information content (AvgIpc) is 2.47. The van der Waals surface area contributed by atoms with Crippen molar-refractivity contribution in [3.8, 4) is 11.5 Å². The van der Waals surface area contributed by atoms with Crippen molar-refractivity contribution >= 4 is 31.9 Å². The minimum absolute atomic E-state index is 0.282. The minimum Gasteiger partial charge on any atom is -0.496 e. The zero-order valence-corrected chi connectivity index (χ0v) is 15.5. The number of benzene rings is 1. The van der Waals surface area contributed by atoms with Crippen LogP contribution in [0.3, 0.4) is 0 Å². The maximum Gasteiger partial charge on any atom is 0.133 e. The van der Waals surface area contributed by atoms with E-state index >= 15 is 0 Å². The molecule has 1 fully saturated rings. The van der Waals surface area contributed by atoms with Gasteiger partial charge in [-0.25, -0.2) is 0 Å². The Labute approximate surface area is 138 Å². The SMILES string of the molecule is COc1cc(C(Br)C2(C)CCCCC2)c(OC)cc1Br. The van der Waals surface area contributed by atoms with Crippen LogP contribution in [0.15, 0.2) is 16.6 Å². The first-order valence-corrected chi connectivity index (χ1v) is 8.78. The third-order valence-corrected chi connectivity index (χ3v) is 6.60. The first-order valence-electron chi connectivity index (χ1n) is 7.07. The van der Waals surface area contributed by atoms with Crippen molar-refractivity contribution in [1.82, 2.24) is 0 Å². The van der Waals surface area contributed by atoms with Crippen LogP contribution < -0.4 is 9.47 Å². The average molecular weight is 406 g/mol. The van der Waals surface area contributed by atoms with E-state index in [-0.39, 0.29) is 10.2 Å². The van der Waals surface area contributed by atoms with Crippen LogP contribution in [0.5, 0.6) is 11.5 Å². The first kappa shape index (κ1) is 16.2. The molecule has 20 heavy (non-hydrogen) atoms. The van der Waals surface area contributed by atoms with Crippen molar-refractivity contribution in [1.29, 1.82) is 0 Å². The predicted octanol–water partition coefficient (Wildman–Crippen LogP) is 5.87. The van der Waals surface area contributed by atoms with Crippen LogP contribution in [0.25, 0.3) is 0 Å². The summed E-state index contributed by atoms with van der Waals surface area (Å²) in [7, 11) is 3.42. The molecule has 1 saturated carbocycles. The summed E-state index contributed by atoms with van der Waals surface area (Å²) in [5.74, 6) is 1.76. The van der Waals surface area contributed by atoms with Gasteiger partial charge >= 0.3 is 0 Å². The summed E-state index contributed by atoms with van der Waals surface area (Å²) in [5.41, 5.74) is 1.46. The molecule has 1 aliphatic carbocycles. The molecule has 1 atom stereocenters. The molecule has 1 unspecified atom stereocenters. The van der Waals surface area contributed by atoms with Gasteiger partial charge in [0, 0.05) is 10.4 Å². The van der Waals surface area contributed by atoms with Crippen molar-refractivity contribution in [3.63, 3.8) is 0 Å². The highest BCUT2D eigenvalue weighted by Crippen LogP contribution is 2.53. The molecule has 4 heteroatoms. The predicted molar refractivity (Wildman–Crippen MR) is 90.1 cm³/mol. The zero-order valence-electron chi connectivity index (χ0n) is 12.3. The summed E-state index contributed by atoms with van der Waals surface area (Å²) in [4.78, 5) is 0.284. The minimum atomic E-state index is 0.282. The zero-order chi connectivity index (χ0) is 14.8. The molecule has 2 rings (SSSR count). The summed E-state index contributed by atoms with van der Waals surface area (Å²) < 4.78 is 11.9. The third-order valence-electron chi connectivity index (χ3n) is 4.38. The lowest BCUT2D eigenvalue weighted by Gasteiger charge is -2.38. The Kier molecular flexibility index (Phi) is 5.41.